The van der Waals surface area contributed by atoms with Gasteiger partial charge in [-0.2, -0.15) is 0 Å². The minimum atomic E-state index is -0.950. The van der Waals surface area contributed by atoms with Crippen molar-refractivity contribution in [2.75, 3.05) is 9.80 Å². The van der Waals surface area contributed by atoms with Crippen molar-refractivity contribution in [3.8, 4) is 45.3 Å². The van der Waals surface area contributed by atoms with Gasteiger partial charge in [-0.3, -0.25) is 0 Å². The molecule has 0 saturated heterocycles. The van der Waals surface area contributed by atoms with Crippen LogP contribution in [0.2, 0.25) is 0 Å². The van der Waals surface area contributed by atoms with E-state index >= 15 is 17.6 Å². The van der Waals surface area contributed by atoms with Crippen LogP contribution in [-0.2, 0) is 27.1 Å². The van der Waals surface area contributed by atoms with Gasteiger partial charge < -0.3 is 19.3 Å². The van der Waals surface area contributed by atoms with E-state index in [0.717, 1.165) is 113 Å². The van der Waals surface area contributed by atoms with Gasteiger partial charge in [0.1, 0.15) is 46.3 Å². The van der Waals surface area contributed by atoms with Gasteiger partial charge in [0.05, 0.1) is 10.8 Å². The molecule has 8 heteroatoms. The molecule has 4 nitrogen and oxygen atoms in total. The van der Waals surface area contributed by atoms with Crippen molar-refractivity contribution in [2.45, 2.75) is 67.6 Å². The maximum atomic E-state index is 16.3. The lowest BCUT2D eigenvalue weighted by atomic mass is 9.67. The first-order chi connectivity index (χ1) is 51.9. The van der Waals surface area contributed by atoms with Gasteiger partial charge >= 0.3 is 0 Å². The van der Waals surface area contributed by atoms with E-state index in [9.17, 15) is 0 Å². The normalized spacial score (nSPS) is 17.8. The van der Waals surface area contributed by atoms with Crippen molar-refractivity contribution in [2.24, 2.45) is 0 Å². The van der Waals surface area contributed by atoms with Crippen LogP contribution >= 0.6 is 0 Å². The molecule has 0 heterocycles. The van der Waals surface area contributed by atoms with Crippen LogP contribution in [0.15, 0.2) is 329 Å². The van der Waals surface area contributed by atoms with Gasteiger partial charge in [-0.05, 0) is 282 Å². The number of nitrogens with zero attached hydrogens (tertiary/aromatic N) is 2. The smallest absolute Gasteiger partial charge is 0.127 e. The van der Waals surface area contributed by atoms with E-state index in [1.54, 1.807) is 36.4 Å². The Morgan fingerprint density at radius 1 is 0.280 bits per heavy atom. The zero-order valence-corrected chi connectivity index (χ0v) is 59.7. The zero-order chi connectivity index (χ0) is 73.1. The molecule has 14 aromatic rings. The maximum absolute atomic E-state index is 16.3. The molecule has 1 spiro atoms. The third-order valence-electron chi connectivity index (χ3n) is 23.0. The van der Waals surface area contributed by atoms with Crippen LogP contribution in [0.1, 0.15) is 118 Å². The van der Waals surface area contributed by atoms with Gasteiger partial charge in [-0.1, -0.05) is 211 Å². The summed E-state index contributed by atoms with van der Waals surface area (Å²) >= 11 is 0. The Morgan fingerprint density at radius 2 is 0.589 bits per heavy atom. The summed E-state index contributed by atoms with van der Waals surface area (Å²) in [5.74, 6) is 1.28. The molecule has 4 aliphatic rings. The Kier molecular flexibility index (Phi) is 15.8. The molecule has 0 fully saturated rings. The number of rotatable bonds is 16. The summed E-state index contributed by atoms with van der Waals surface area (Å²) < 4.78 is 76.1. The standard InChI is InChI=1S/C99H74F4N2O2/c1-7-63-23-43-79(44-24-63)106-81-47-31-67(32-48-81)98(65-27-35-69(100)36-28-65)87-21-11-9-19-83(87)85-51-39-75(57-91(85)98)104(73-17-13-15-71(102)55-73)77-41-53-89-93(59-77)97(61-95(89,3)4)62-96(5,6)90-54-42-78(60-94(90)97)105(74-18-14-16-72(103)56-74)76-40-52-86-84-20-10-12-22-88(84)99(92(86)58-76,66-29-37-70(101)38-30-66)68-33-49-82(50-34-68)107-80-45-25-64(8-2)26-46-80/h7-60H,1-2,61-62H2,3-6H3. The fourth-order valence-corrected chi connectivity index (χ4v) is 18.7. The Labute approximate surface area is 622 Å². The molecule has 0 radical (unpaired) electrons. The summed E-state index contributed by atoms with van der Waals surface area (Å²) in [6.07, 6.45) is 5.19. The summed E-state index contributed by atoms with van der Waals surface area (Å²) in [6, 6.07) is 103. The third kappa shape index (κ3) is 10.8. The van der Waals surface area contributed by atoms with Crippen LogP contribution in [0.5, 0.6) is 23.0 Å². The predicted molar refractivity (Wildman–Crippen MR) is 426 cm³/mol. The lowest BCUT2D eigenvalue weighted by Gasteiger charge is -2.35. The summed E-state index contributed by atoms with van der Waals surface area (Å²) in [7, 11) is 0. The highest BCUT2D eigenvalue weighted by Gasteiger charge is 2.57. The Morgan fingerprint density at radius 3 is 0.944 bits per heavy atom. The average Bonchev–Trinajstić information content (AvgIpc) is 1.54. The van der Waals surface area contributed by atoms with Crippen LogP contribution in [0.3, 0.4) is 0 Å². The predicted octanol–water partition coefficient (Wildman–Crippen LogP) is 26.4. The molecule has 0 amide bonds. The molecule has 0 N–H and O–H groups in total. The molecule has 2 unspecified atom stereocenters. The zero-order valence-electron chi connectivity index (χ0n) is 59.7. The quantitative estimate of drug-likeness (QED) is 0.0900. The molecule has 2 atom stereocenters. The molecule has 4 aliphatic carbocycles. The average molecular weight is 1400 g/mol. The van der Waals surface area contributed by atoms with Crippen molar-refractivity contribution in [3.63, 3.8) is 0 Å². The SMILES string of the molecule is C=Cc1ccc(Oc2ccc(C3(c4ccc(F)cc4)c4ccccc4-c4ccc(N(c5cccc(F)c5)c5ccc6c(c5)C5(CC6(C)C)CC(C)(C)c6ccc(N(c7cccc(F)c7)c7ccc8c(c7)C(c7ccc(F)cc7)(c7ccc(Oc9ccc(C=C)cc9)cc7)c7ccccc7-8)cc65)cc43)cc2)cc1. The molecular weight excluding hydrogens is 1330 g/mol. The van der Waals surface area contributed by atoms with Crippen molar-refractivity contribution in [3.05, 3.63) is 430 Å². The molecule has 0 bridgehead atoms. The molecule has 0 saturated carbocycles. The molecule has 0 aromatic heterocycles. The van der Waals surface area contributed by atoms with Crippen LogP contribution in [-0.4, -0.2) is 0 Å². The number of hydrogen-bond donors (Lipinski definition) is 0. The van der Waals surface area contributed by atoms with E-state index in [-0.39, 0.29) is 34.1 Å². The van der Waals surface area contributed by atoms with Gasteiger partial charge in [-0.25, -0.2) is 17.6 Å². The number of halogens is 4. The monoisotopic (exact) mass is 1400 g/mol. The van der Waals surface area contributed by atoms with E-state index in [1.165, 1.54) is 58.7 Å². The molecule has 107 heavy (non-hydrogen) atoms. The fourth-order valence-electron chi connectivity index (χ4n) is 18.7. The number of anilines is 6. The van der Waals surface area contributed by atoms with Gasteiger partial charge in [0.25, 0.3) is 0 Å². The highest BCUT2D eigenvalue weighted by Crippen LogP contribution is 2.66. The second kappa shape index (κ2) is 25.4. The second-order valence-electron chi connectivity index (χ2n) is 30.2. The van der Waals surface area contributed by atoms with E-state index in [4.69, 9.17) is 9.47 Å². The second-order valence-corrected chi connectivity index (χ2v) is 30.2. The summed E-state index contributed by atoms with van der Waals surface area (Å²) in [4.78, 5) is 4.37. The van der Waals surface area contributed by atoms with Crippen molar-refractivity contribution in [1.82, 2.24) is 0 Å². The van der Waals surface area contributed by atoms with Crippen LogP contribution < -0.4 is 19.3 Å². The Hall–Kier alpha value is -12.5. The maximum Gasteiger partial charge on any atom is 0.127 e. The largest absolute Gasteiger partial charge is 0.457 e. The van der Waals surface area contributed by atoms with Gasteiger partial charge in [0.15, 0.2) is 0 Å². The first-order valence-electron chi connectivity index (χ1n) is 36.4. The van der Waals surface area contributed by atoms with Gasteiger partial charge in [0, 0.05) is 39.5 Å². The molecular formula is C99H74F4N2O2. The van der Waals surface area contributed by atoms with Crippen molar-refractivity contribution >= 4 is 46.3 Å². The Balaban J connectivity index is 0.787. The number of fused-ring (bicyclic) bond motifs is 10. The fraction of sp³-hybridized carbons (Fsp3) is 0.111. The Bertz CT molecular complexity index is 5500. The van der Waals surface area contributed by atoms with Crippen molar-refractivity contribution < 1.29 is 27.0 Å². The van der Waals surface area contributed by atoms with E-state index in [1.807, 2.05) is 109 Å². The van der Waals surface area contributed by atoms with Crippen LogP contribution in [0.25, 0.3) is 34.4 Å². The summed E-state index contributed by atoms with van der Waals surface area (Å²) in [5.41, 5.74) is 20.3. The first-order valence-corrected chi connectivity index (χ1v) is 36.4. The van der Waals surface area contributed by atoms with Crippen LogP contribution in [0.4, 0.5) is 51.7 Å². The number of benzene rings is 14. The lowest BCUT2D eigenvalue weighted by Crippen LogP contribution is -2.29. The molecule has 18 rings (SSSR count). The molecule has 0 aliphatic heterocycles. The highest BCUT2D eigenvalue weighted by atomic mass is 19.1. The first kappa shape index (κ1) is 66.4. The minimum absolute atomic E-state index is 0.307. The number of hydrogen-bond acceptors (Lipinski definition) is 4. The van der Waals surface area contributed by atoms with E-state index in [2.05, 4.69) is 196 Å². The van der Waals surface area contributed by atoms with E-state index in [0.29, 0.717) is 34.4 Å². The third-order valence-corrected chi connectivity index (χ3v) is 23.0. The molecule has 520 valence electrons. The highest BCUT2D eigenvalue weighted by molar-refractivity contribution is 5.92. The number of ether oxygens (including phenoxy) is 2. The minimum Gasteiger partial charge on any atom is -0.457 e. The topological polar surface area (TPSA) is 24.9 Å². The van der Waals surface area contributed by atoms with Gasteiger partial charge in [0.2, 0.25) is 0 Å². The summed E-state index contributed by atoms with van der Waals surface area (Å²) in [5, 5.41) is 0. The lowest BCUT2D eigenvalue weighted by molar-refractivity contribution is 0.349. The summed E-state index contributed by atoms with van der Waals surface area (Å²) in [6.45, 7) is 17.2. The molecule has 14 aromatic carbocycles. The van der Waals surface area contributed by atoms with Crippen LogP contribution in [0, 0.1) is 23.3 Å². The van der Waals surface area contributed by atoms with Gasteiger partial charge in [-0.15, -0.1) is 0 Å². The van der Waals surface area contributed by atoms with Crippen molar-refractivity contribution in [1.29, 1.82) is 0 Å². The van der Waals surface area contributed by atoms with E-state index < -0.39 is 16.2 Å².